The second-order valence-corrected chi connectivity index (χ2v) is 7.36. The highest BCUT2D eigenvalue weighted by molar-refractivity contribution is 5.84. The van der Waals surface area contributed by atoms with E-state index in [0.29, 0.717) is 0 Å². The van der Waals surface area contributed by atoms with Crippen LogP contribution >= 0.6 is 0 Å². The number of piperidine rings is 1. The molecule has 7 heteroatoms. The van der Waals surface area contributed by atoms with Crippen molar-refractivity contribution in [2.24, 2.45) is 0 Å². The molecular weight excluding hydrogens is 328 g/mol. The lowest BCUT2D eigenvalue weighted by molar-refractivity contribution is -0.134. The number of H-pyrrole nitrogens is 2. The smallest absolute Gasteiger partial charge is 0.231 e. The Balaban J connectivity index is 1.37. The Hall–Kier alpha value is -2.70. The quantitative estimate of drug-likeness (QED) is 0.743. The number of nitrogens with zero attached hydrogens (tertiary/aromatic N) is 4. The van der Waals surface area contributed by atoms with E-state index >= 15 is 0 Å². The summed E-state index contributed by atoms with van der Waals surface area (Å²) in [6, 6.07) is 8.09. The summed E-state index contributed by atoms with van der Waals surface area (Å²) in [4.78, 5) is 23.4. The number of para-hydroxylation sites is 2. The third kappa shape index (κ3) is 2.58. The molecule has 0 radical (unpaired) electrons. The summed E-state index contributed by atoms with van der Waals surface area (Å²) >= 11 is 0. The molecule has 1 aliphatic heterocycles. The van der Waals surface area contributed by atoms with Gasteiger partial charge in [-0.15, -0.1) is 0 Å². The summed E-state index contributed by atoms with van der Waals surface area (Å²) < 4.78 is 0. The van der Waals surface area contributed by atoms with Gasteiger partial charge in [0.2, 0.25) is 5.91 Å². The average molecular weight is 350 g/mol. The van der Waals surface area contributed by atoms with Crippen LogP contribution in [-0.2, 0) is 11.2 Å². The number of carbonyl (C=O) groups is 1. The molecule has 3 aromatic rings. The Morgan fingerprint density at radius 1 is 1.15 bits per heavy atom. The van der Waals surface area contributed by atoms with E-state index in [2.05, 4.69) is 20.4 Å². The molecular formula is C19H22N6O. The van der Waals surface area contributed by atoms with E-state index in [1.54, 1.807) is 0 Å². The Kier molecular flexibility index (Phi) is 3.72. The van der Waals surface area contributed by atoms with E-state index in [-0.39, 0.29) is 17.7 Å². The van der Waals surface area contributed by atoms with Crippen molar-refractivity contribution < 1.29 is 4.79 Å². The maximum atomic E-state index is 13.2. The summed E-state index contributed by atoms with van der Waals surface area (Å²) in [5, 5.41) is 11.1. The minimum absolute atomic E-state index is 0.146. The number of nitrogens with one attached hydrogen (secondary N) is 2. The van der Waals surface area contributed by atoms with Crippen LogP contribution in [0, 0.1) is 0 Å². The van der Waals surface area contributed by atoms with E-state index < -0.39 is 0 Å². The fourth-order valence-corrected chi connectivity index (χ4v) is 4.36. The highest BCUT2D eigenvalue weighted by atomic mass is 16.2. The first kappa shape index (κ1) is 15.5. The fourth-order valence-electron chi connectivity index (χ4n) is 4.36. The Morgan fingerprint density at radius 3 is 3.00 bits per heavy atom. The first-order valence-corrected chi connectivity index (χ1v) is 9.42. The van der Waals surface area contributed by atoms with Crippen molar-refractivity contribution >= 4 is 16.9 Å². The number of carbonyl (C=O) groups excluding carboxylic acids is 1. The molecule has 0 bridgehead atoms. The topological polar surface area (TPSA) is 90.6 Å². The number of aromatic nitrogens is 5. The van der Waals surface area contributed by atoms with Crippen molar-refractivity contribution in [3.05, 3.63) is 41.5 Å². The lowest BCUT2D eigenvalue weighted by Gasteiger charge is -2.34. The number of fused-ring (bicyclic) bond motifs is 2. The molecule has 1 aliphatic carbocycles. The van der Waals surface area contributed by atoms with E-state index in [1.165, 1.54) is 0 Å². The third-order valence-electron chi connectivity index (χ3n) is 5.71. The molecule has 26 heavy (non-hydrogen) atoms. The summed E-state index contributed by atoms with van der Waals surface area (Å²) in [7, 11) is 0. The van der Waals surface area contributed by atoms with Crippen LogP contribution in [0.3, 0.4) is 0 Å². The van der Waals surface area contributed by atoms with E-state index in [9.17, 15) is 4.79 Å². The Morgan fingerprint density at radius 2 is 2.08 bits per heavy atom. The Bertz CT molecular complexity index is 911. The normalized spacial score (nSPS) is 23.2. The van der Waals surface area contributed by atoms with Crippen molar-refractivity contribution in [1.82, 2.24) is 30.3 Å². The largest absolute Gasteiger partial charge is 0.342 e. The van der Waals surface area contributed by atoms with Gasteiger partial charge >= 0.3 is 0 Å². The van der Waals surface area contributed by atoms with Crippen molar-refractivity contribution in [2.45, 2.75) is 43.9 Å². The summed E-state index contributed by atoms with van der Waals surface area (Å²) in [6.07, 6.45) is 4.84. The zero-order valence-corrected chi connectivity index (χ0v) is 14.6. The number of hydrogen-bond donors (Lipinski definition) is 2. The fraction of sp³-hybridized carbons (Fsp3) is 0.474. The molecule has 3 heterocycles. The number of hydrogen-bond acceptors (Lipinski definition) is 4. The molecule has 7 nitrogen and oxygen atoms in total. The molecule has 1 saturated heterocycles. The predicted molar refractivity (Wildman–Crippen MR) is 96.7 cm³/mol. The van der Waals surface area contributed by atoms with Gasteiger partial charge in [0, 0.05) is 19.0 Å². The van der Waals surface area contributed by atoms with E-state index in [4.69, 9.17) is 4.98 Å². The van der Waals surface area contributed by atoms with Crippen LogP contribution in [0.15, 0.2) is 24.3 Å². The zero-order chi connectivity index (χ0) is 17.5. The van der Waals surface area contributed by atoms with Crippen molar-refractivity contribution in [1.29, 1.82) is 0 Å². The molecule has 134 valence electrons. The van der Waals surface area contributed by atoms with Crippen LogP contribution in [0.1, 0.15) is 54.7 Å². The second kappa shape index (κ2) is 6.23. The van der Waals surface area contributed by atoms with Gasteiger partial charge in [-0.2, -0.15) is 15.4 Å². The zero-order valence-electron chi connectivity index (χ0n) is 14.6. The van der Waals surface area contributed by atoms with Gasteiger partial charge in [-0.1, -0.05) is 12.1 Å². The average Bonchev–Trinajstić information content (AvgIpc) is 3.34. The molecule has 1 amide bonds. The number of aromatic amines is 2. The highest BCUT2D eigenvalue weighted by Crippen LogP contribution is 2.33. The molecule has 2 unspecified atom stereocenters. The molecule has 5 rings (SSSR count). The number of imidazole rings is 1. The number of rotatable bonds is 2. The maximum Gasteiger partial charge on any atom is 0.231 e. The Labute approximate surface area is 151 Å². The van der Waals surface area contributed by atoms with Crippen molar-refractivity contribution in [3.8, 4) is 0 Å². The molecule has 2 atom stereocenters. The van der Waals surface area contributed by atoms with Gasteiger partial charge in [-0.3, -0.25) is 4.79 Å². The summed E-state index contributed by atoms with van der Waals surface area (Å²) in [5.74, 6) is 1.31. The lowest BCUT2D eigenvalue weighted by atomic mass is 9.87. The molecule has 0 saturated carbocycles. The van der Waals surface area contributed by atoms with Crippen LogP contribution in [0.5, 0.6) is 0 Å². The second-order valence-electron chi connectivity index (χ2n) is 7.36. The predicted octanol–water partition coefficient (Wildman–Crippen LogP) is 2.51. The molecule has 0 spiro atoms. The lowest BCUT2D eigenvalue weighted by Crippen LogP contribution is -2.42. The number of amides is 1. The van der Waals surface area contributed by atoms with Gasteiger partial charge in [0.1, 0.15) is 5.82 Å². The third-order valence-corrected chi connectivity index (χ3v) is 5.71. The van der Waals surface area contributed by atoms with Gasteiger partial charge < -0.3 is 9.88 Å². The van der Waals surface area contributed by atoms with Crippen LogP contribution in [0.25, 0.3) is 11.0 Å². The van der Waals surface area contributed by atoms with E-state index in [0.717, 1.165) is 73.4 Å². The minimum atomic E-state index is -0.146. The van der Waals surface area contributed by atoms with Gasteiger partial charge in [-0.25, -0.2) is 4.98 Å². The van der Waals surface area contributed by atoms with Crippen molar-refractivity contribution in [2.75, 3.05) is 13.1 Å². The van der Waals surface area contributed by atoms with Gasteiger partial charge in [-0.05, 0) is 44.2 Å². The molecule has 1 fully saturated rings. The number of likely N-dealkylation sites (tertiary alicyclic amines) is 1. The van der Waals surface area contributed by atoms with E-state index in [1.807, 2.05) is 29.2 Å². The van der Waals surface area contributed by atoms with Gasteiger partial charge in [0.05, 0.1) is 28.3 Å². The highest BCUT2D eigenvalue weighted by Gasteiger charge is 2.35. The minimum Gasteiger partial charge on any atom is -0.342 e. The monoisotopic (exact) mass is 350 g/mol. The molecule has 2 N–H and O–H groups in total. The van der Waals surface area contributed by atoms with Crippen LogP contribution in [0.2, 0.25) is 0 Å². The van der Waals surface area contributed by atoms with Crippen molar-refractivity contribution in [3.63, 3.8) is 0 Å². The van der Waals surface area contributed by atoms with Crippen LogP contribution in [-0.4, -0.2) is 49.3 Å². The molecule has 2 aliphatic rings. The maximum absolute atomic E-state index is 13.2. The van der Waals surface area contributed by atoms with Crippen LogP contribution < -0.4 is 0 Å². The summed E-state index contributed by atoms with van der Waals surface area (Å²) in [6.45, 7) is 1.54. The van der Waals surface area contributed by atoms with Gasteiger partial charge in [0.15, 0.2) is 0 Å². The summed E-state index contributed by atoms with van der Waals surface area (Å²) in [5.41, 5.74) is 3.86. The first-order valence-electron chi connectivity index (χ1n) is 9.42. The first-order chi connectivity index (χ1) is 12.8. The molecule has 1 aromatic carbocycles. The SMILES string of the molecule is O=C(C1CCCc2n[nH]nc21)N1CCCC(c2nc3ccccc3[nH]2)C1. The standard InChI is InChI=1S/C19H22N6O/c26-19(13-6-3-9-16-17(13)23-24-22-16)25-10-4-5-12(11-25)18-20-14-7-1-2-8-15(14)21-18/h1-2,7-8,12-13H,3-6,9-11H2,(H,20,21)(H,22,23,24). The molecule has 2 aromatic heterocycles. The number of benzene rings is 1. The van der Waals surface area contributed by atoms with Crippen LogP contribution in [0.4, 0.5) is 0 Å². The number of aryl methyl sites for hydroxylation is 1. The van der Waals surface area contributed by atoms with Gasteiger partial charge in [0.25, 0.3) is 0 Å².